The minimum atomic E-state index is -0.313. The van der Waals surface area contributed by atoms with Crippen molar-refractivity contribution in [1.82, 2.24) is 0 Å². The van der Waals surface area contributed by atoms with Crippen LogP contribution in [0.15, 0.2) is 121 Å². The summed E-state index contributed by atoms with van der Waals surface area (Å²) in [6, 6.07) is 36.1. The fraction of sp³-hybridized carbons (Fsp3) is 0. The van der Waals surface area contributed by atoms with E-state index in [0.717, 1.165) is 36.2 Å². The summed E-state index contributed by atoms with van der Waals surface area (Å²) in [5.41, 5.74) is 2.78. The molecule has 1 aliphatic rings. The Balaban J connectivity index is 1.33. The van der Waals surface area contributed by atoms with E-state index in [1.54, 1.807) is 12.1 Å². The number of ketones is 2. The number of carbonyl (C=O) groups excluding carboxylic acids is 2. The molecule has 39 heavy (non-hydrogen) atoms. The van der Waals surface area contributed by atoms with E-state index in [2.05, 4.69) is 23.1 Å². The topological polar surface area (TPSA) is 37.4 Å². The second-order valence-corrected chi connectivity index (χ2v) is 11.7. The molecule has 6 aromatic rings. The van der Waals surface area contributed by atoms with Crippen molar-refractivity contribution >= 4 is 69.6 Å². The van der Waals surface area contributed by atoms with E-state index in [-0.39, 0.29) is 37.5 Å². The van der Waals surface area contributed by atoms with Gasteiger partial charge >= 0.3 is 231 Å². The molecule has 0 amide bonds. The number of nitrogens with zero attached hydrogens (tertiary/aromatic N) is 1. The zero-order chi connectivity index (χ0) is 26.5. The van der Waals surface area contributed by atoms with Crippen LogP contribution >= 0.6 is 0 Å². The molecule has 3 nitrogen and oxygen atoms in total. The van der Waals surface area contributed by atoms with Crippen LogP contribution in [0.1, 0.15) is 25.2 Å². The SMILES string of the molecule is O=C1C(=Cc2ccc(N(c3cccc(F)c3)c3cccc4ccccc34)[se]2)C(=O)c2cc3ccccc3cc21. The molecule has 0 saturated carbocycles. The Kier molecular flexibility index (Phi) is 5.62. The van der Waals surface area contributed by atoms with Gasteiger partial charge in [0.1, 0.15) is 0 Å². The molecule has 0 saturated heterocycles. The summed E-state index contributed by atoms with van der Waals surface area (Å²) >= 11 is -0.226. The molecule has 0 radical (unpaired) electrons. The van der Waals surface area contributed by atoms with Gasteiger partial charge in [0.15, 0.2) is 0 Å². The molecule has 1 aliphatic carbocycles. The molecular weight excluding hydrogens is 552 g/mol. The fourth-order valence-corrected chi connectivity index (χ4v) is 7.29. The number of hydrogen-bond acceptors (Lipinski definition) is 3. The number of rotatable bonds is 4. The van der Waals surface area contributed by atoms with E-state index in [1.807, 2.05) is 78.9 Å². The van der Waals surface area contributed by atoms with Crippen molar-refractivity contribution in [2.24, 2.45) is 0 Å². The summed E-state index contributed by atoms with van der Waals surface area (Å²) in [6.45, 7) is 0. The number of fused-ring (bicyclic) bond motifs is 3. The van der Waals surface area contributed by atoms with E-state index in [0.29, 0.717) is 16.8 Å². The Bertz CT molecular complexity index is 1930. The molecule has 0 unspecified atom stereocenters. The second kappa shape index (κ2) is 9.32. The van der Waals surface area contributed by atoms with Crippen molar-refractivity contribution < 1.29 is 14.0 Å². The summed E-state index contributed by atoms with van der Waals surface area (Å²) in [7, 11) is 0. The fourth-order valence-electron chi connectivity index (χ4n) is 5.23. The van der Waals surface area contributed by atoms with Crippen LogP contribution < -0.4 is 4.90 Å². The van der Waals surface area contributed by atoms with E-state index in [4.69, 9.17) is 0 Å². The van der Waals surface area contributed by atoms with Crippen molar-refractivity contribution in [3.63, 3.8) is 0 Å². The zero-order valence-electron chi connectivity index (χ0n) is 20.6. The van der Waals surface area contributed by atoms with Crippen molar-refractivity contribution in [1.29, 1.82) is 0 Å². The van der Waals surface area contributed by atoms with E-state index in [9.17, 15) is 14.0 Å². The predicted molar refractivity (Wildman–Crippen MR) is 156 cm³/mol. The molecule has 5 aromatic carbocycles. The predicted octanol–water partition coefficient (Wildman–Crippen LogP) is 8.12. The van der Waals surface area contributed by atoms with E-state index in [1.165, 1.54) is 12.1 Å². The van der Waals surface area contributed by atoms with Gasteiger partial charge in [0.25, 0.3) is 0 Å². The second-order valence-electron chi connectivity index (χ2n) is 9.45. The third-order valence-corrected chi connectivity index (χ3v) is 9.19. The van der Waals surface area contributed by atoms with Gasteiger partial charge in [-0.3, -0.25) is 0 Å². The minimum absolute atomic E-state index is 0.200. The van der Waals surface area contributed by atoms with Crippen molar-refractivity contribution in [3.05, 3.63) is 142 Å². The van der Waals surface area contributed by atoms with Crippen LogP contribution in [-0.2, 0) is 0 Å². The van der Waals surface area contributed by atoms with Gasteiger partial charge < -0.3 is 0 Å². The Hall–Kier alpha value is -4.57. The molecular formula is C34H20FNO2Se. The maximum absolute atomic E-state index is 14.4. The first kappa shape index (κ1) is 23.5. The number of Topliss-reactive ketones (excluding diaryl/α,β-unsaturated/α-hetero) is 2. The molecule has 5 heteroatoms. The quantitative estimate of drug-likeness (QED) is 0.122. The van der Waals surface area contributed by atoms with Crippen LogP contribution in [0.2, 0.25) is 0 Å². The number of hydrogen-bond donors (Lipinski definition) is 0. The third kappa shape index (κ3) is 4.04. The number of allylic oxidation sites excluding steroid dienone is 1. The van der Waals surface area contributed by atoms with Gasteiger partial charge in [-0.1, -0.05) is 0 Å². The number of halogens is 1. The summed E-state index contributed by atoms with van der Waals surface area (Å²) in [5, 5.41) is 4.02. The Morgan fingerprint density at radius 2 is 1.28 bits per heavy atom. The molecule has 0 spiro atoms. The first-order valence-corrected chi connectivity index (χ1v) is 14.3. The van der Waals surface area contributed by atoms with Crippen LogP contribution in [0.5, 0.6) is 0 Å². The molecule has 186 valence electrons. The van der Waals surface area contributed by atoms with E-state index >= 15 is 0 Å². The van der Waals surface area contributed by atoms with Crippen LogP contribution in [0.3, 0.4) is 0 Å². The number of carbonyl (C=O) groups is 2. The Labute approximate surface area is 230 Å². The Morgan fingerprint density at radius 3 is 2.00 bits per heavy atom. The zero-order valence-corrected chi connectivity index (χ0v) is 22.3. The van der Waals surface area contributed by atoms with Crippen LogP contribution in [0, 0.1) is 5.82 Å². The van der Waals surface area contributed by atoms with Gasteiger partial charge in [0.05, 0.1) is 0 Å². The Morgan fingerprint density at radius 1 is 0.641 bits per heavy atom. The van der Waals surface area contributed by atoms with Crippen LogP contribution in [0.25, 0.3) is 27.6 Å². The molecule has 7 rings (SSSR count). The van der Waals surface area contributed by atoms with Gasteiger partial charge in [-0.2, -0.15) is 0 Å². The molecule has 0 atom stereocenters. The average molecular weight is 572 g/mol. The van der Waals surface area contributed by atoms with Gasteiger partial charge in [0, 0.05) is 0 Å². The van der Waals surface area contributed by atoms with Gasteiger partial charge in [-0.25, -0.2) is 0 Å². The molecule has 0 bridgehead atoms. The monoisotopic (exact) mass is 573 g/mol. The molecule has 1 heterocycles. The van der Waals surface area contributed by atoms with Crippen LogP contribution in [-0.4, -0.2) is 26.1 Å². The first-order chi connectivity index (χ1) is 19.1. The molecule has 1 aromatic heterocycles. The summed E-state index contributed by atoms with van der Waals surface area (Å²) < 4.78 is 16.3. The van der Waals surface area contributed by atoms with E-state index < -0.39 is 0 Å². The summed E-state index contributed by atoms with van der Waals surface area (Å²) in [4.78, 5) is 28.7. The van der Waals surface area contributed by atoms with Crippen LogP contribution in [0.4, 0.5) is 20.3 Å². The molecule has 0 N–H and O–H groups in total. The average Bonchev–Trinajstić information content (AvgIpc) is 3.51. The molecule has 0 aliphatic heterocycles. The summed E-state index contributed by atoms with van der Waals surface area (Å²) in [6.07, 6.45) is 1.74. The number of anilines is 3. The first-order valence-electron chi connectivity index (χ1n) is 12.5. The normalized spacial score (nSPS) is 12.8. The number of benzene rings is 5. The molecule has 0 fully saturated rings. The van der Waals surface area contributed by atoms with Gasteiger partial charge in [-0.05, 0) is 0 Å². The van der Waals surface area contributed by atoms with Crippen molar-refractivity contribution in [2.45, 2.75) is 0 Å². The summed E-state index contributed by atoms with van der Waals surface area (Å²) in [5.74, 6) is -0.782. The third-order valence-electron chi connectivity index (χ3n) is 7.06. The maximum atomic E-state index is 14.4. The standard InChI is InChI=1S/C34H20FNO2Se/c35-24-11-6-12-25(19-24)36(31-14-5-10-21-7-3-4-13-27(21)31)32-16-15-26(39-32)20-30-33(37)28-17-22-8-1-2-9-23(22)18-29(28)34(30)38/h1-20H. The van der Waals surface area contributed by atoms with Crippen molar-refractivity contribution in [2.75, 3.05) is 4.90 Å². The van der Waals surface area contributed by atoms with Crippen molar-refractivity contribution in [3.8, 4) is 0 Å². The van der Waals surface area contributed by atoms with Gasteiger partial charge in [-0.15, -0.1) is 0 Å². The van der Waals surface area contributed by atoms with Gasteiger partial charge in [0.2, 0.25) is 0 Å².